The van der Waals surface area contributed by atoms with Gasteiger partial charge in [0, 0.05) is 16.9 Å². The summed E-state index contributed by atoms with van der Waals surface area (Å²) in [5.74, 6) is 1.31. The largest absolute Gasteiger partial charge is 0.493 e. The minimum Gasteiger partial charge on any atom is -0.493 e. The number of primary sulfonamides is 1. The fraction of sp³-hybridized carbons (Fsp3) is 0.238. The minimum atomic E-state index is -3.73. The van der Waals surface area contributed by atoms with Gasteiger partial charge >= 0.3 is 0 Å². The van der Waals surface area contributed by atoms with E-state index in [2.05, 4.69) is 18.4 Å². The second-order valence-electron chi connectivity index (χ2n) is 6.63. The quantitative estimate of drug-likeness (QED) is 0.707. The highest BCUT2D eigenvalue weighted by Crippen LogP contribution is 2.38. The van der Waals surface area contributed by atoms with Crippen molar-refractivity contribution < 1.29 is 17.9 Å². The molecule has 3 rings (SSSR count). The van der Waals surface area contributed by atoms with Crippen LogP contribution in [-0.4, -0.2) is 27.2 Å². The summed E-state index contributed by atoms with van der Waals surface area (Å²) >= 11 is 0. The fourth-order valence-corrected chi connectivity index (χ4v) is 3.90. The van der Waals surface area contributed by atoms with E-state index in [9.17, 15) is 8.42 Å². The Balaban J connectivity index is 2.23. The lowest BCUT2D eigenvalue weighted by Crippen LogP contribution is -2.12. The number of sulfonamides is 1. The van der Waals surface area contributed by atoms with Crippen LogP contribution in [0.5, 0.6) is 11.5 Å². The molecule has 28 heavy (non-hydrogen) atoms. The normalized spacial score (nSPS) is 11.5. The second kappa shape index (κ2) is 7.33. The van der Waals surface area contributed by atoms with Crippen molar-refractivity contribution in [2.45, 2.75) is 25.7 Å². The molecule has 0 saturated heterocycles. The summed E-state index contributed by atoms with van der Waals surface area (Å²) in [6.45, 7) is 6.19. The lowest BCUT2D eigenvalue weighted by Gasteiger charge is -2.15. The highest BCUT2D eigenvalue weighted by Gasteiger charge is 2.19. The van der Waals surface area contributed by atoms with E-state index < -0.39 is 10.0 Å². The number of benzene rings is 2. The molecule has 6 nitrogen and oxygen atoms in total. The van der Waals surface area contributed by atoms with Crippen molar-refractivity contribution in [3.8, 4) is 28.4 Å². The molecule has 0 bridgehead atoms. The van der Waals surface area contributed by atoms with Crippen molar-refractivity contribution in [2.75, 3.05) is 14.2 Å². The van der Waals surface area contributed by atoms with Gasteiger partial charge in [0.1, 0.15) is 0 Å². The summed E-state index contributed by atoms with van der Waals surface area (Å²) in [7, 11) is -0.522. The molecule has 0 fully saturated rings. The van der Waals surface area contributed by atoms with Crippen LogP contribution in [0.3, 0.4) is 0 Å². The van der Waals surface area contributed by atoms with Gasteiger partial charge in [0.2, 0.25) is 10.0 Å². The third-order valence-corrected chi connectivity index (χ3v) is 6.03. The summed E-state index contributed by atoms with van der Waals surface area (Å²) in [5.41, 5.74) is 6.22. The van der Waals surface area contributed by atoms with E-state index in [0.29, 0.717) is 11.5 Å². The third-order valence-electron chi connectivity index (χ3n) is 5.10. The Bertz CT molecular complexity index is 1130. The molecule has 0 aliphatic heterocycles. The van der Waals surface area contributed by atoms with E-state index in [-0.39, 0.29) is 4.90 Å². The molecule has 0 amide bonds. The maximum absolute atomic E-state index is 11.6. The summed E-state index contributed by atoms with van der Waals surface area (Å²) in [5, 5.41) is 5.22. The van der Waals surface area contributed by atoms with Crippen LogP contribution >= 0.6 is 0 Å². The SMILES string of the molecule is COc1ccc(-c2c(C)c(C)c(C)n2-c2ccc(S(N)(=O)=O)cc2)cc1OC. The van der Waals surface area contributed by atoms with Crippen molar-refractivity contribution in [3.63, 3.8) is 0 Å². The average Bonchev–Trinajstić information content (AvgIpc) is 2.90. The van der Waals surface area contributed by atoms with E-state index in [1.165, 1.54) is 17.7 Å². The number of nitrogens with zero attached hydrogens (tertiary/aromatic N) is 1. The maximum Gasteiger partial charge on any atom is 0.238 e. The lowest BCUT2D eigenvalue weighted by atomic mass is 10.1. The number of aromatic nitrogens is 1. The van der Waals surface area contributed by atoms with Gasteiger partial charge in [0.25, 0.3) is 0 Å². The van der Waals surface area contributed by atoms with Crippen LogP contribution in [-0.2, 0) is 10.0 Å². The summed E-state index contributed by atoms with van der Waals surface area (Å²) in [4.78, 5) is 0.0853. The van der Waals surface area contributed by atoms with E-state index in [4.69, 9.17) is 14.6 Å². The number of nitrogens with two attached hydrogens (primary N) is 1. The van der Waals surface area contributed by atoms with E-state index >= 15 is 0 Å². The molecule has 3 aromatic rings. The van der Waals surface area contributed by atoms with Crippen molar-refractivity contribution in [2.24, 2.45) is 5.14 Å². The van der Waals surface area contributed by atoms with Gasteiger partial charge in [0.15, 0.2) is 11.5 Å². The monoisotopic (exact) mass is 400 g/mol. The Hall–Kier alpha value is -2.77. The Morgan fingerprint density at radius 2 is 1.46 bits per heavy atom. The minimum absolute atomic E-state index is 0.0853. The topological polar surface area (TPSA) is 83.5 Å². The molecule has 0 saturated carbocycles. The van der Waals surface area contributed by atoms with Crippen LogP contribution in [0.1, 0.15) is 16.8 Å². The molecule has 0 aliphatic carbocycles. The van der Waals surface area contributed by atoms with Crippen molar-refractivity contribution in [1.29, 1.82) is 0 Å². The zero-order valence-corrected chi connectivity index (χ0v) is 17.4. The van der Waals surface area contributed by atoms with Gasteiger partial charge in [-0.15, -0.1) is 0 Å². The zero-order valence-electron chi connectivity index (χ0n) is 16.6. The predicted molar refractivity (Wildman–Crippen MR) is 110 cm³/mol. The molecule has 2 aromatic carbocycles. The number of methoxy groups -OCH3 is 2. The molecule has 2 N–H and O–H groups in total. The molecular weight excluding hydrogens is 376 g/mol. The number of ether oxygens (including phenoxy) is 2. The van der Waals surface area contributed by atoms with E-state index in [0.717, 1.165) is 28.2 Å². The highest BCUT2D eigenvalue weighted by molar-refractivity contribution is 7.89. The van der Waals surface area contributed by atoms with Crippen LogP contribution in [0.2, 0.25) is 0 Å². The number of hydrogen-bond donors (Lipinski definition) is 1. The van der Waals surface area contributed by atoms with Crippen LogP contribution in [0, 0.1) is 20.8 Å². The Kier molecular flexibility index (Phi) is 5.23. The Morgan fingerprint density at radius 1 is 0.857 bits per heavy atom. The van der Waals surface area contributed by atoms with Gasteiger partial charge in [0.05, 0.1) is 24.8 Å². The molecule has 1 heterocycles. The number of rotatable bonds is 5. The molecule has 0 spiro atoms. The van der Waals surface area contributed by atoms with Gasteiger partial charge < -0.3 is 14.0 Å². The molecule has 148 valence electrons. The molecule has 0 unspecified atom stereocenters. The summed E-state index contributed by atoms with van der Waals surface area (Å²) in [6, 6.07) is 12.4. The molecule has 0 aliphatic rings. The first-order valence-electron chi connectivity index (χ1n) is 8.73. The Morgan fingerprint density at radius 3 is 2.00 bits per heavy atom. The van der Waals surface area contributed by atoms with Gasteiger partial charge in [-0.2, -0.15) is 0 Å². The molecule has 0 radical (unpaired) electrons. The summed E-state index contributed by atoms with van der Waals surface area (Å²) in [6.07, 6.45) is 0. The molecular formula is C21H24N2O4S. The Labute approximate surface area is 165 Å². The van der Waals surface area contributed by atoms with Crippen LogP contribution < -0.4 is 14.6 Å². The highest BCUT2D eigenvalue weighted by atomic mass is 32.2. The van der Waals surface area contributed by atoms with E-state index in [1.807, 2.05) is 25.1 Å². The van der Waals surface area contributed by atoms with Crippen molar-refractivity contribution >= 4 is 10.0 Å². The first-order chi connectivity index (χ1) is 13.2. The standard InChI is InChI=1S/C21H24N2O4S/c1-13-14(2)21(16-6-11-19(26-4)20(12-16)27-5)23(15(13)3)17-7-9-18(10-8-17)28(22,24)25/h6-12H,1-5H3,(H2,22,24,25). The van der Waals surface area contributed by atoms with Crippen LogP contribution in [0.25, 0.3) is 16.9 Å². The fourth-order valence-electron chi connectivity index (χ4n) is 3.39. The van der Waals surface area contributed by atoms with Gasteiger partial charge in [-0.05, 0) is 74.4 Å². The predicted octanol–water partition coefficient (Wildman–Crippen LogP) is 3.73. The van der Waals surface area contributed by atoms with Gasteiger partial charge in [-0.1, -0.05) is 0 Å². The summed E-state index contributed by atoms with van der Waals surface area (Å²) < 4.78 is 36.1. The van der Waals surface area contributed by atoms with Crippen LogP contribution in [0.4, 0.5) is 0 Å². The van der Waals surface area contributed by atoms with E-state index in [1.54, 1.807) is 26.4 Å². The molecule has 0 atom stereocenters. The first-order valence-corrected chi connectivity index (χ1v) is 10.3. The average molecular weight is 401 g/mol. The zero-order chi connectivity index (χ0) is 20.6. The van der Waals surface area contributed by atoms with Crippen molar-refractivity contribution in [3.05, 3.63) is 59.3 Å². The maximum atomic E-state index is 11.6. The first kappa shape index (κ1) is 20.0. The molecule has 1 aromatic heterocycles. The van der Waals surface area contributed by atoms with Gasteiger partial charge in [-0.25, -0.2) is 13.6 Å². The second-order valence-corrected chi connectivity index (χ2v) is 8.19. The van der Waals surface area contributed by atoms with Crippen LogP contribution in [0.15, 0.2) is 47.4 Å². The third kappa shape index (κ3) is 3.39. The molecule has 7 heteroatoms. The van der Waals surface area contributed by atoms with Crippen molar-refractivity contribution in [1.82, 2.24) is 4.57 Å². The van der Waals surface area contributed by atoms with Gasteiger partial charge in [-0.3, -0.25) is 0 Å². The smallest absolute Gasteiger partial charge is 0.238 e. The number of hydrogen-bond acceptors (Lipinski definition) is 4. The lowest BCUT2D eigenvalue weighted by molar-refractivity contribution is 0.355.